The summed E-state index contributed by atoms with van der Waals surface area (Å²) in [5.41, 5.74) is -0.561. The summed E-state index contributed by atoms with van der Waals surface area (Å²) in [5.74, 6) is 1.05. The van der Waals surface area contributed by atoms with Crippen molar-refractivity contribution in [3.8, 4) is 6.01 Å². The van der Waals surface area contributed by atoms with Gasteiger partial charge in [-0.15, -0.1) is 0 Å². The number of oxazole rings is 1. The van der Waals surface area contributed by atoms with Gasteiger partial charge < -0.3 is 23.6 Å². The first-order chi connectivity index (χ1) is 14.0. The van der Waals surface area contributed by atoms with E-state index in [1.807, 2.05) is 0 Å². The average Bonchev–Trinajstić information content (AvgIpc) is 3.34. The van der Waals surface area contributed by atoms with Crippen LogP contribution >= 0.6 is 0 Å². The highest BCUT2D eigenvalue weighted by molar-refractivity contribution is 5.70. The molecule has 4 heterocycles. The van der Waals surface area contributed by atoms with E-state index in [-0.39, 0.29) is 43.2 Å². The van der Waals surface area contributed by atoms with E-state index in [0.29, 0.717) is 18.3 Å². The van der Waals surface area contributed by atoms with Crippen LogP contribution in [0, 0.1) is 6.92 Å². The van der Waals surface area contributed by atoms with Crippen LogP contribution < -0.4 is 16.0 Å². The van der Waals surface area contributed by atoms with E-state index in [9.17, 15) is 9.59 Å². The largest absolute Gasteiger partial charge is 0.455 e. The molecule has 3 aromatic heterocycles. The van der Waals surface area contributed by atoms with Crippen LogP contribution in [0.3, 0.4) is 0 Å². The molecule has 1 fully saturated rings. The van der Waals surface area contributed by atoms with Crippen molar-refractivity contribution in [2.24, 2.45) is 7.05 Å². The molecular formula is C18H23N5O6. The molecule has 11 nitrogen and oxygen atoms in total. The molecule has 0 aromatic carbocycles. The number of aromatic amines is 1. The summed E-state index contributed by atoms with van der Waals surface area (Å²) in [4.78, 5) is 36.4. The second-order valence-corrected chi connectivity index (χ2v) is 6.86. The number of aromatic nitrogens is 5. The maximum absolute atomic E-state index is 12.8. The Morgan fingerprint density at radius 3 is 2.93 bits per heavy atom. The van der Waals surface area contributed by atoms with Gasteiger partial charge in [-0.1, -0.05) is 0 Å². The topological polar surface area (TPSA) is 126 Å². The molecule has 1 aliphatic rings. The lowest BCUT2D eigenvalue weighted by Gasteiger charge is -2.22. The van der Waals surface area contributed by atoms with E-state index in [1.54, 1.807) is 20.2 Å². The van der Waals surface area contributed by atoms with Crippen molar-refractivity contribution in [3.05, 3.63) is 38.7 Å². The third-order valence-corrected chi connectivity index (χ3v) is 4.72. The fraction of sp³-hybridized carbons (Fsp3) is 0.556. The molecule has 1 saturated heterocycles. The molecule has 29 heavy (non-hydrogen) atoms. The highest BCUT2D eigenvalue weighted by Crippen LogP contribution is 2.14. The van der Waals surface area contributed by atoms with Crippen LogP contribution in [0.25, 0.3) is 11.2 Å². The summed E-state index contributed by atoms with van der Waals surface area (Å²) >= 11 is 0. The van der Waals surface area contributed by atoms with Crippen molar-refractivity contribution >= 4 is 11.2 Å². The first-order valence-corrected chi connectivity index (χ1v) is 9.50. The van der Waals surface area contributed by atoms with Gasteiger partial charge in [0.05, 0.1) is 19.3 Å². The predicted octanol–water partition coefficient (Wildman–Crippen LogP) is 0.842. The molecule has 3 aromatic rings. The lowest BCUT2D eigenvalue weighted by molar-refractivity contribution is -0.163. The van der Waals surface area contributed by atoms with Crippen LogP contribution in [0.4, 0.5) is 0 Å². The summed E-state index contributed by atoms with van der Waals surface area (Å²) in [6.07, 6.45) is 4.19. The Morgan fingerprint density at radius 1 is 1.34 bits per heavy atom. The molecule has 156 valence electrons. The van der Waals surface area contributed by atoms with Crippen molar-refractivity contribution < 1.29 is 18.6 Å². The smallest absolute Gasteiger partial charge is 0.332 e. The van der Waals surface area contributed by atoms with E-state index in [4.69, 9.17) is 18.6 Å². The van der Waals surface area contributed by atoms with Gasteiger partial charge in [0.25, 0.3) is 11.6 Å². The Labute approximate surface area is 165 Å². The highest BCUT2D eigenvalue weighted by Gasteiger charge is 2.18. The number of fused-ring (bicyclic) bond motifs is 1. The number of ether oxygens (including phenoxy) is 3. The van der Waals surface area contributed by atoms with E-state index in [1.165, 1.54) is 4.57 Å². The molecule has 0 spiro atoms. The van der Waals surface area contributed by atoms with E-state index in [2.05, 4.69) is 15.0 Å². The minimum Gasteiger partial charge on any atom is -0.455 e. The lowest BCUT2D eigenvalue weighted by atomic mass is 10.2. The zero-order valence-corrected chi connectivity index (χ0v) is 16.3. The molecule has 1 unspecified atom stereocenters. The maximum Gasteiger partial charge on any atom is 0.332 e. The van der Waals surface area contributed by atoms with Crippen LogP contribution in [-0.2, 0) is 29.7 Å². The molecule has 0 radical (unpaired) electrons. The number of nitrogens with zero attached hydrogens (tertiary/aromatic N) is 4. The van der Waals surface area contributed by atoms with E-state index >= 15 is 0 Å². The van der Waals surface area contributed by atoms with Gasteiger partial charge in [0.1, 0.15) is 5.76 Å². The van der Waals surface area contributed by atoms with Gasteiger partial charge in [0.2, 0.25) is 5.89 Å². The van der Waals surface area contributed by atoms with Gasteiger partial charge in [-0.25, -0.2) is 9.78 Å². The minimum atomic E-state index is -0.481. The zero-order chi connectivity index (χ0) is 20.4. The van der Waals surface area contributed by atoms with Gasteiger partial charge >= 0.3 is 5.69 Å². The first kappa shape index (κ1) is 19.4. The predicted molar refractivity (Wildman–Crippen MR) is 101 cm³/mol. The van der Waals surface area contributed by atoms with Crippen LogP contribution in [0.15, 0.2) is 20.2 Å². The molecule has 1 atom stereocenters. The minimum absolute atomic E-state index is 0.0467. The van der Waals surface area contributed by atoms with Crippen LogP contribution in [0.5, 0.6) is 6.01 Å². The monoisotopic (exact) mass is 405 g/mol. The Bertz CT molecular complexity index is 1100. The molecule has 0 aliphatic carbocycles. The van der Waals surface area contributed by atoms with Crippen LogP contribution in [0.1, 0.15) is 30.9 Å². The van der Waals surface area contributed by atoms with Crippen molar-refractivity contribution in [1.82, 2.24) is 24.1 Å². The van der Waals surface area contributed by atoms with Crippen molar-refractivity contribution in [2.45, 2.75) is 45.6 Å². The summed E-state index contributed by atoms with van der Waals surface area (Å²) < 4.78 is 24.4. The summed E-state index contributed by atoms with van der Waals surface area (Å²) in [7, 11) is 1.55. The second kappa shape index (κ2) is 8.21. The van der Waals surface area contributed by atoms with E-state index in [0.717, 1.165) is 23.8 Å². The molecule has 0 bridgehead atoms. The molecule has 1 aliphatic heterocycles. The van der Waals surface area contributed by atoms with Crippen LogP contribution in [-0.4, -0.2) is 43.6 Å². The van der Waals surface area contributed by atoms with Gasteiger partial charge in [0, 0.05) is 13.7 Å². The van der Waals surface area contributed by atoms with Gasteiger partial charge in [-0.2, -0.15) is 4.98 Å². The molecule has 0 amide bonds. The number of aryl methyl sites for hydroxylation is 2. The summed E-state index contributed by atoms with van der Waals surface area (Å²) in [6.45, 7) is 2.81. The average molecular weight is 405 g/mol. The Balaban J connectivity index is 1.51. The maximum atomic E-state index is 12.8. The Hall–Kier alpha value is -2.92. The lowest BCUT2D eigenvalue weighted by Crippen LogP contribution is -2.40. The fourth-order valence-corrected chi connectivity index (χ4v) is 3.21. The number of hydrogen-bond donors (Lipinski definition) is 1. The quantitative estimate of drug-likeness (QED) is 0.613. The Kier molecular flexibility index (Phi) is 5.49. The molecule has 11 heteroatoms. The third-order valence-electron chi connectivity index (χ3n) is 4.72. The summed E-state index contributed by atoms with van der Waals surface area (Å²) in [6, 6.07) is 0.104. The molecular weight excluding hydrogens is 382 g/mol. The molecule has 4 rings (SSSR count). The zero-order valence-electron chi connectivity index (χ0n) is 16.3. The normalized spacial score (nSPS) is 17.1. The number of imidazole rings is 1. The molecule has 0 saturated carbocycles. The van der Waals surface area contributed by atoms with Gasteiger partial charge in [0.15, 0.2) is 24.1 Å². The number of H-pyrrole nitrogens is 1. The second-order valence-electron chi connectivity index (χ2n) is 6.86. The van der Waals surface area contributed by atoms with Crippen molar-refractivity contribution in [2.75, 3.05) is 13.2 Å². The molecule has 1 N–H and O–H groups in total. The number of hydrogen-bond acceptors (Lipinski definition) is 8. The van der Waals surface area contributed by atoms with Gasteiger partial charge in [-0.3, -0.25) is 13.9 Å². The van der Waals surface area contributed by atoms with Crippen molar-refractivity contribution in [3.63, 3.8) is 0 Å². The Morgan fingerprint density at radius 2 is 2.21 bits per heavy atom. The number of rotatable bonds is 7. The highest BCUT2D eigenvalue weighted by atomic mass is 16.7. The van der Waals surface area contributed by atoms with Crippen LogP contribution in [0.2, 0.25) is 0 Å². The SMILES string of the molecule is Cc1cnc(COc2nc3c([nH]2)c(=O)n(CCOC2CCCCO2)c(=O)n3C)o1. The van der Waals surface area contributed by atoms with Gasteiger partial charge in [-0.05, 0) is 26.2 Å². The third kappa shape index (κ3) is 4.10. The first-order valence-electron chi connectivity index (χ1n) is 9.50. The van der Waals surface area contributed by atoms with E-state index < -0.39 is 11.2 Å². The standard InChI is InChI=1S/C18H23N5O6/c1-11-9-19-12(29-11)10-28-17-20-14-15(21-17)22(2)18(25)23(16(14)24)6-8-27-13-5-3-4-7-26-13/h9,13H,3-8,10H2,1-2H3,(H,20,21). The fourth-order valence-electron chi connectivity index (χ4n) is 3.21. The summed E-state index contributed by atoms with van der Waals surface area (Å²) in [5, 5.41) is 0. The van der Waals surface area contributed by atoms with Crippen molar-refractivity contribution in [1.29, 1.82) is 0 Å². The number of nitrogens with one attached hydrogen (secondary N) is 1.